The summed E-state index contributed by atoms with van der Waals surface area (Å²) in [5.74, 6) is 0.870. The highest BCUT2D eigenvalue weighted by molar-refractivity contribution is 5.80. The van der Waals surface area contributed by atoms with Gasteiger partial charge in [0.1, 0.15) is 11.5 Å². The van der Waals surface area contributed by atoms with Crippen molar-refractivity contribution in [3.05, 3.63) is 63.7 Å². The summed E-state index contributed by atoms with van der Waals surface area (Å²) in [6, 6.07) is 11.5. The number of aldehydes is 1. The molecule has 0 radical (unpaired) electrons. The van der Waals surface area contributed by atoms with Crippen molar-refractivity contribution in [1.29, 1.82) is 0 Å². The van der Waals surface area contributed by atoms with Crippen LogP contribution in [-0.4, -0.2) is 11.2 Å². The quantitative estimate of drug-likeness (QED) is 0.473. The van der Waals surface area contributed by atoms with Gasteiger partial charge in [0.2, 0.25) is 0 Å². The van der Waals surface area contributed by atoms with Crippen LogP contribution in [0, 0.1) is 10.1 Å². The lowest BCUT2D eigenvalue weighted by Gasteiger charge is -2.19. The molecule has 0 fully saturated rings. The second-order valence-corrected chi connectivity index (χ2v) is 5.97. The molecule has 0 heterocycles. The molecule has 2 rings (SSSR count). The molecule has 0 bridgehead atoms. The van der Waals surface area contributed by atoms with Gasteiger partial charge in [-0.05, 0) is 29.2 Å². The van der Waals surface area contributed by atoms with Crippen LogP contribution in [0.3, 0.4) is 0 Å². The number of ether oxygens (including phenoxy) is 1. The van der Waals surface area contributed by atoms with Crippen molar-refractivity contribution in [3.8, 4) is 11.5 Å². The number of nitro groups is 1. The minimum Gasteiger partial charge on any atom is -0.457 e. The van der Waals surface area contributed by atoms with E-state index in [-0.39, 0.29) is 16.7 Å². The zero-order chi connectivity index (χ0) is 16.3. The molecule has 0 amide bonds. The highest BCUT2D eigenvalue weighted by Gasteiger charge is 2.14. The van der Waals surface area contributed by atoms with Crippen LogP contribution in [0.4, 0.5) is 5.69 Å². The van der Waals surface area contributed by atoms with Crippen LogP contribution in [0.1, 0.15) is 36.7 Å². The molecule has 5 nitrogen and oxygen atoms in total. The molecule has 0 saturated carbocycles. The highest BCUT2D eigenvalue weighted by Crippen LogP contribution is 2.29. The number of carbonyl (C=O) groups is 1. The van der Waals surface area contributed by atoms with Crippen molar-refractivity contribution in [3.63, 3.8) is 0 Å². The first-order valence-corrected chi connectivity index (χ1v) is 6.83. The third-order valence-electron chi connectivity index (χ3n) is 3.28. The minimum atomic E-state index is -0.547. The molecule has 114 valence electrons. The van der Waals surface area contributed by atoms with Gasteiger partial charge < -0.3 is 4.74 Å². The van der Waals surface area contributed by atoms with Crippen LogP contribution in [-0.2, 0) is 5.41 Å². The third kappa shape index (κ3) is 3.49. The zero-order valence-electron chi connectivity index (χ0n) is 12.7. The maximum atomic E-state index is 11.1. The Morgan fingerprint density at radius 3 is 2.23 bits per heavy atom. The van der Waals surface area contributed by atoms with Gasteiger partial charge in [0.25, 0.3) is 5.69 Å². The van der Waals surface area contributed by atoms with Crippen LogP contribution in [0.25, 0.3) is 0 Å². The van der Waals surface area contributed by atoms with Gasteiger partial charge in [-0.2, -0.15) is 0 Å². The number of rotatable bonds is 4. The fourth-order valence-corrected chi connectivity index (χ4v) is 1.98. The van der Waals surface area contributed by atoms with Crippen molar-refractivity contribution in [1.82, 2.24) is 0 Å². The molecule has 0 atom stereocenters. The first-order chi connectivity index (χ1) is 10.3. The average Bonchev–Trinajstić information content (AvgIpc) is 2.47. The van der Waals surface area contributed by atoms with E-state index in [2.05, 4.69) is 20.8 Å². The van der Waals surface area contributed by atoms with Crippen molar-refractivity contribution >= 4 is 12.0 Å². The van der Waals surface area contributed by atoms with E-state index in [9.17, 15) is 14.9 Å². The van der Waals surface area contributed by atoms with Crippen molar-refractivity contribution in [2.24, 2.45) is 0 Å². The molecule has 0 aliphatic carbocycles. The monoisotopic (exact) mass is 299 g/mol. The SMILES string of the molecule is CC(C)(C)c1ccc(Oc2ccc([N+](=O)[O-])cc2C=O)cc1. The number of non-ortho nitro benzene ring substituents is 1. The number of nitrogens with zero attached hydrogens (tertiary/aromatic N) is 1. The summed E-state index contributed by atoms with van der Waals surface area (Å²) in [5.41, 5.74) is 1.21. The summed E-state index contributed by atoms with van der Waals surface area (Å²) in [6.07, 6.45) is 0.547. The Hall–Kier alpha value is -2.69. The molecule has 0 aliphatic heterocycles. The van der Waals surface area contributed by atoms with Crippen LogP contribution >= 0.6 is 0 Å². The predicted octanol–water partition coefficient (Wildman–Crippen LogP) is 4.50. The summed E-state index contributed by atoms with van der Waals surface area (Å²) in [4.78, 5) is 21.2. The van der Waals surface area contributed by atoms with E-state index >= 15 is 0 Å². The number of hydrogen-bond donors (Lipinski definition) is 0. The minimum absolute atomic E-state index is 0.0415. The maximum absolute atomic E-state index is 11.1. The Morgan fingerprint density at radius 1 is 1.09 bits per heavy atom. The highest BCUT2D eigenvalue weighted by atomic mass is 16.6. The first kappa shape index (κ1) is 15.7. The van der Waals surface area contributed by atoms with Gasteiger partial charge >= 0.3 is 0 Å². The molecule has 0 spiro atoms. The summed E-state index contributed by atoms with van der Waals surface area (Å²) in [6.45, 7) is 6.34. The fourth-order valence-electron chi connectivity index (χ4n) is 1.98. The molecule has 2 aromatic rings. The molecule has 0 aromatic heterocycles. The molecular weight excluding hydrogens is 282 g/mol. The van der Waals surface area contributed by atoms with Crippen LogP contribution < -0.4 is 4.74 Å². The summed E-state index contributed by atoms with van der Waals surface area (Å²) in [5, 5.41) is 10.7. The Labute approximate surface area is 128 Å². The van der Waals surface area contributed by atoms with E-state index in [1.807, 2.05) is 24.3 Å². The lowest BCUT2D eigenvalue weighted by atomic mass is 9.87. The van der Waals surface area contributed by atoms with Gasteiger partial charge in [-0.15, -0.1) is 0 Å². The predicted molar refractivity (Wildman–Crippen MR) is 83.7 cm³/mol. The lowest BCUT2D eigenvalue weighted by Crippen LogP contribution is -2.10. The Bertz CT molecular complexity index is 700. The Balaban J connectivity index is 2.27. The van der Waals surface area contributed by atoms with E-state index in [1.165, 1.54) is 23.8 Å². The van der Waals surface area contributed by atoms with Crippen LogP contribution in [0.5, 0.6) is 11.5 Å². The van der Waals surface area contributed by atoms with Crippen molar-refractivity contribution in [2.45, 2.75) is 26.2 Å². The number of benzene rings is 2. The molecular formula is C17H17NO4. The topological polar surface area (TPSA) is 69.4 Å². The largest absolute Gasteiger partial charge is 0.457 e. The van der Waals surface area contributed by atoms with E-state index in [1.54, 1.807) is 0 Å². The normalized spacial score (nSPS) is 11.0. The molecule has 0 saturated heterocycles. The number of nitro benzene ring substituents is 1. The lowest BCUT2D eigenvalue weighted by molar-refractivity contribution is -0.384. The third-order valence-corrected chi connectivity index (χ3v) is 3.28. The van der Waals surface area contributed by atoms with Crippen LogP contribution in [0.2, 0.25) is 0 Å². The molecule has 5 heteroatoms. The zero-order valence-corrected chi connectivity index (χ0v) is 12.7. The Kier molecular flexibility index (Phi) is 4.26. The fraction of sp³-hybridized carbons (Fsp3) is 0.235. The first-order valence-electron chi connectivity index (χ1n) is 6.83. The molecule has 0 unspecified atom stereocenters. The molecule has 2 aromatic carbocycles. The smallest absolute Gasteiger partial charge is 0.270 e. The second-order valence-electron chi connectivity index (χ2n) is 5.97. The van der Waals surface area contributed by atoms with Gasteiger partial charge in [0.05, 0.1) is 10.5 Å². The van der Waals surface area contributed by atoms with E-state index in [0.29, 0.717) is 17.8 Å². The van der Waals surface area contributed by atoms with Crippen molar-refractivity contribution < 1.29 is 14.5 Å². The van der Waals surface area contributed by atoms with Gasteiger partial charge in [-0.3, -0.25) is 14.9 Å². The summed E-state index contributed by atoms with van der Waals surface area (Å²) in [7, 11) is 0. The number of carbonyl (C=O) groups excluding carboxylic acids is 1. The summed E-state index contributed by atoms with van der Waals surface area (Å²) < 4.78 is 5.65. The molecule has 0 N–H and O–H groups in total. The van der Waals surface area contributed by atoms with Gasteiger partial charge in [-0.1, -0.05) is 32.9 Å². The number of hydrogen-bond acceptors (Lipinski definition) is 4. The standard InChI is InChI=1S/C17H17NO4/c1-17(2,3)13-4-7-15(8-5-13)22-16-9-6-14(18(20)21)10-12(16)11-19/h4-11H,1-3H3. The summed E-state index contributed by atoms with van der Waals surface area (Å²) >= 11 is 0. The van der Waals surface area contributed by atoms with E-state index < -0.39 is 4.92 Å². The van der Waals surface area contributed by atoms with E-state index in [4.69, 9.17) is 4.74 Å². The van der Waals surface area contributed by atoms with Gasteiger partial charge in [0.15, 0.2) is 6.29 Å². The maximum Gasteiger partial charge on any atom is 0.270 e. The molecule has 22 heavy (non-hydrogen) atoms. The van der Waals surface area contributed by atoms with Crippen LogP contribution in [0.15, 0.2) is 42.5 Å². The Morgan fingerprint density at radius 2 is 1.73 bits per heavy atom. The second kappa shape index (κ2) is 5.97. The van der Waals surface area contributed by atoms with Crippen molar-refractivity contribution in [2.75, 3.05) is 0 Å². The van der Waals surface area contributed by atoms with E-state index in [0.717, 1.165) is 0 Å². The van der Waals surface area contributed by atoms with Gasteiger partial charge in [-0.25, -0.2) is 0 Å². The average molecular weight is 299 g/mol. The molecule has 0 aliphatic rings. The van der Waals surface area contributed by atoms with Gasteiger partial charge in [0, 0.05) is 12.1 Å².